The minimum Gasteiger partial charge on any atom is -0.378 e. The van der Waals surface area contributed by atoms with E-state index in [0.717, 1.165) is 16.7 Å². The number of aromatic nitrogens is 3. The lowest BCUT2D eigenvalue weighted by molar-refractivity contribution is 0.881. The summed E-state index contributed by atoms with van der Waals surface area (Å²) in [5.41, 5.74) is 4.05. The van der Waals surface area contributed by atoms with E-state index in [0.29, 0.717) is 0 Å². The molecular formula is C15H14N4. The van der Waals surface area contributed by atoms with Crippen LogP contribution in [-0.2, 0) is 0 Å². The van der Waals surface area contributed by atoms with E-state index in [9.17, 15) is 0 Å². The van der Waals surface area contributed by atoms with Crippen molar-refractivity contribution in [1.29, 1.82) is 0 Å². The van der Waals surface area contributed by atoms with Crippen LogP contribution in [0.2, 0.25) is 0 Å². The molecule has 0 spiro atoms. The Morgan fingerprint density at radius 3 is 2.42 bits per heavy atom. The number of hydrogen-bond donors (Lipinski definition) is 1. The molecule has 19 heavy (non-hydrogen) atoms. The molecule has 1 atom stereocenters. The highest BCUT2D eigenvalue weighted by Gasteiger charge is 2.05. The molecule has 0 aliphatic carbocycles. The summed E-state index contributed by atoms with van der Waals surface area (Å²) >= 11 is 0. The zero-order valence-electron chi connectivity index (χ0n) is 10.6. The van der Waals surface area contributed by atoms with E-state index in [2.05, 4.69) is 27.2 Å². The Kier molecular flexibility index (Phi) is 3.06. The zero-order chi connectivity index (χ0) is 13.1. The Bertz CT molecular complexity index is 682. The van der Waals surface area contributed by atoms with Crippen LogP contribution in [0, 0.1) is 0 Å². The van der Waals surface area contributed by atoms with Crippen molar-refractivity contribution in [1.82, 2.24) is 15.0 Å². The van der Waals surface area contributed by atoms with Crippen molar-refractivity contribution in [2.75, 3.05) is 5.32 Å². The van der Waals surface area contributed by atoms with Crippen LogP contribution in [0.4, 0.5) is 5.69 Å². The first-order valence-electron chi connectivity index (χ1n) is 6.20. The molecule has 0 aliphatic rings. The van der Waals surface area contributed by atoms with Gasteiger partial charge in [-0.1, -0.05) is 0 Å². The van der Waals surface area contributed by atoms with Gasteiger partial charge in [-0.3, -0.25) is 15.0 Å². The van der Waals surface area contributed by atoms with Gasteiger partial charge in [0.05, 0.1) is 11.0 Å². The number of pyridine rings is 1. The molecule has 4 heteroatoms. The summed E-state index contributed by atoms with van der Waals surface area (Å²) < 4.78 is 0. The second kappa shape index (κ2) is 5.02. The quantitative estimate of drug-likeness (QED) is 0.775. The molecule has 0 bridgehead atoms. The third kappa shape index (κ3) is 2.52. The summed E-state index contributed by atoms with van der Waals surface area (Å²) in [7, 11) is 0. The third-order valence-corrected chi connectivity index (χ3v) is 3.06. The van der Waals surface area contributed by atoms with Crippen molar-refractivity contribution in [3.8, 4) is 0 Å². The summed E-state index contributed by atoms with van der Waals surface area (Å²) in [6.45, 7) is 2.12. The van der Waals surface area contributed by atoms with Gasteiger partial charge in [-0.15, -0.1) is 0 Å². The van der Waals surface area contributed by atoms with Crippen molar-refractivity contribution < 1.29 is 0 Å². The van der Waals surface area contributed by atoms with Gasteiger partial charge in [0, 0.05) is 36.5 Å². The first kappa shape index (κ1) is 11.6. The van der Waals surface area contributed by atoms with Gasteiger partial charge in [-0.25, -0.2) is 0 Å². The van der Waals surface area contributed by atoms with E-state index in [1.807, 2.05) is 30.3 Å². The number of benzene rings is 1. The first-order chi connectivity index (χ1) is 9.33. The molecule has 1 N–H and O–H groups in total. The monoisotopic (exact) mass is 250 g/mol. The maximum absolute atomic E-state index is 4.31. The molecule has 0 aliphatic heterocycles. The highest BCUT2D eigenvalue weighted by molar-refractivity contribution is 5.78. The lowest BCUT2D eigenvalue weighted by Gasteiger charge is -2.15. The lowest BCUT2D eigenvalue weighted by atomic mass is 10.1. The van der Waals surface area contributed by atoms with Gasteiger partial charge in [0.15, 0.2) is 0 Å². The Morgan fingerprint density at radius 2 is 1.63 bits per heavy atom. The third-order valence-electron chi connectivity index (χ3n) is 3.06. The van der Waals surface area contributed by atoms with Crippen LogP contribution >= 0.6 is 0 Å². The van der Waals surface area contributed by atoms with Gasteiger partial charge < -0.3 is 5.32 Å². The second-order valence-corrected chi connectivity index (χ2v) is 4.41. The van der Waals surface area contributed by atoms with Crippen LogP contribution in [0.5, 0.6) is 0 Å². The van der Waals surface area contributed by atoms with E-state index < -0.39 is 0 Å². The smallest absolute Gasteiger partial charge is 0.0907 e. The average Bonchev–Trinajstić information content (AvgIpc) is 2.48. The summed E-state index contributed by atoms with van der Waals surface area (Å²) in [6, 6.07) is 10.3. The van der Waals surface area contributed by atoms with E-state index in [-0.39, 0.29) is 6.04 Å². The molecule has 2 heterocycles. The highest BCUT2D eigenvalue weighted by Crippen LogP contribution is 2.21. The summed E-state index contributed by atoms with van der Waals surface area (Å²) in [5, 5.41) is 3.45. The molecular weight excluding hydrogens is 236 g/mol. The molecule has 0 fully saturated rings. The van der Waals surface area contributed by atoms with Crippen molar-refractivity contribution in [3.05, 3.63) is 60.7 Å². The predicted octanol–water partition coefficient (Wildman–Crippen LogP) is 3.20. The topological polar surface area (TPSA) is 50.7 Å². The molecule has 0 radical (unpaired) electrons. The van der Waals surface area contributed by atoms with E-state index in [4.69, 9.17) is 0 Å². The van der Waals surface area contributed by atoms with Crippen LogP contribution in [-0.4, -0.2) is 15.0 Å². The molecule has 1 aromatic carbocycles. The SMILES string of the molecule is CC(Nc1ccc2nccnc2c1)c1ccncc1. The Balaban J connectivity index is 1.85. The molecule has 2 aromatic heterocycles. The van der Waals surface area contributed by atoms with Crippen LogP contribution in [0.25, 0.3) is 11.0 Å². The Hall–Kier alpha value is -2.49. The molecule has 0 amide bonds. The van der Waals surface area contributed by atoms with Gasteiger partial charge >= 0.3 is 0 Å². The highest BCUT2D eigenvalue weighted by atomic mass is 14.9. The lowest BCUT2D eigenvalue weighted by Crippen LogP contribution is -2.06. The van der Waals surface area contributed by atoms with Crippen molar-refractivity contribution in [3.63, 3.8) is 0 Å². The average molecular weight is 250 g/mol. The van der Waals surface area contributed by atoms with Gasteiger partial charge in [-0.2, -0.15) is 0 Å². The Labute approximate surface area is 111 Å². The first-order valence-corrected chi connectivity index (χ1v) is 6.20. The van der Waals surface area contributed by atoms with Crippen molar-refractivity contribution >= 4 is 16.7 Å². The number of rotatable bonds is 3. The minimum absolute atomic E-state index is 0.220. The predicted molar refractivity (Wildman–Crippen MR) is 75.8 cm³/mol. The fraction of sp³-hybridized carbons (Fsp3) is 0.133. The minimum atomic E-state index is 0.220. The number of anilines is 1. The summed E-state index contributed by atoms with van der Waals surface area (Å²) in [6.07, 6.45) is 7.02. The van der Waals surface area contributed by atoms with Crippen LogP contribution in [0.1, 0.15) is 18.5 Å². The molecule has 0 saturated carbocycles. The van der Waals surface area contributed by atoms with E-state index in [1.165, 1.54) is 5.56 Å². The Morgan fingerprint density at radius 1 is 0.895 bits per heavy atom. The number of nitrogens with one attached hydrogen (secondary N) is 1. The maximum atomic E-state index is 4.31. The van der Waals surface area contributed by atoms with E-state index in [1.54, 1.807) is 24.8 Å². The normalized spacial score (nSPS) is 12.3. The summed E-state index contributed by atoms with van der Waals surface area (Å²) in [5.74, 6) is 0. The molecule has 94 valence electrons. The van der Waals surface area contributed by atoms with E-state index >= 15 is 0 Å². The molecule has 1 unspecified atom stereocenters. The van der Waals surface area contributed by atoms with Gasteiger partial charge in [0.25, 0.3) is 0 Å². The van der Waals surface area contributed by atoms with Gasteiger partial charge in [-0.05, 0) is 42.8 Å². The number of nitrogens with zero attached hydrogens (tertiary/aromatic N) is 3. The standard InChI is InChI=1S/C15H14N4/c1-11(12-4-6-16-7-5-12)19-13-2-3-14-15(10-13)18-9-8-17-14/h2-11,19H,1H3. The zero-order valence-corrected chi connectivity index (χ0v) is 10.6. The molecule has 0 saturated heterocycles. The maximum Gasteiger partial charge on any atom is 0.0907 e. The van der Waals surface area contributed by atoms with Crippen molar-refractivity contribution in [2.45, 2.75) is 13.0 Å². The molecule has 4 nitrogen and oxygen atoms in total. The van der Waals surface area contributed by atoms with Crippen LogP contribution in [0.15, 0.2) is 55.1 Å². The van der Waals surface area contributed by atoms with Crippen LogP contribution < -0.4 is 5.32 Å². The summed E-state index contributed by atoms with van der Waals surface area (Å²) in [4.78, 5) is 12.6. The van der Waals surface area contributed by atoms with Gasteiger partial charge in [0.2, 0.25) is 0 Å². The fourth-order valence-electron chi connectivity index (χ4n) is 2.04. The van der Waals surface area contributed by atoms with Crippen molar-refractivity contribution in [2.24, 2.45) is 0 Å². The van der Waals surface area contributed by atoms with Crippen LogP contribution in [0.3, 0.4) is 0 Å². The largest absolute Gasteiger partial charge is 0.378 e. The number of fused-ring (bicyclic) bond motifs is 1. The van der Waals surface area contributed by atoms with Gasteiger partial charge in [0.1, 0.15) is 0 Å². The second-order valence-electron chi connectivity index (χ2n) is 4.41. The fourth-order valence-corrected chi connectivity index (χ4v) is 2.04. The number of hydrogen-bond acceptors (Lipinski definition) is 4. The molecule has 3 rings (SSSR count). The molecule has 3 aromatic rings.